The highest BCUT2D eigenvalue weighted by molar-refractivity contribution is 5.17. The highest BCUT2D eigenvalue weighted by Gasteiger charge is 2.29. The minimum absolute atomic E-state index is 0.455. The molecule has 1 aliphatic heterocycles. The van der Waals surface area contributed by atoms with E-state index >= 15 is 0 Å². The molecule has 1 aliphatic carbocycles. The van der Waals surface area contributed by atoms with Crippen molar-refractivity contribution in [2.24, 2.45) is 0 Å². The molecule has 2 heterocycles. The summed E-state index contributed by atoms with van der Waals surface area (Å²) in [4.78, 5) is 0. The lowest BCUT2D eigenvalue weighted by Crippen LogP contribution is -2.12. The molecule has 2 aliphatic rings. The SMILES string of the molecule is c1c(C2CCCN2)noc1C1CC1. The van der Waals surface area contributed by atoms with Crippen LogP contribution in [0.2, 0.25) is 0 Å². The van der Waals surface area contributed by atoms with Gasteiger partial charge in [-0.3, -0.25) is 0 Å². The van der Waals surface area contributed by atoms with E-state index in [1.807, 2.05) is 0 Å². The third-order valence-electron chi connectivity index (χ3n) is 2.94. The fourth-order valence-corrected chi connectivity index (χ4v) is 1.97. The molecule has 1 aromatic rings. The van der Waals surface area contributed by atoms with Crippen LogP contribution in [0, 0.1) is 0 Å². The Balaban J connectivity index is 1.79. The molecule has 1 unspecified atom stereocenters. The summed E-state index contributed by atoms with van der Waals surface area (Å²) in [6, 6.07) is 2.59. The van der Waals surface area contributed by atoms with E-state index < -0.39 is 0 Å². The lowest BCUT2D eigenvalue weighted by molar-refractivity contribution is 0.371. The molecule has 13 heavy (non-hydrogen) atoms. The van der Waals surface area contributed by atoms with E-state index in [1.165, 1.54) is 25.7 Å². The van der Waals surface area contributed by atoms with Crippen LogP contribution in [-0.2, 0) is 0 Å². The third-order valence-corrected chi connectivity index (χ3v) is 2.94. The summed E-state index contributed by atoms with van der Waals surface area (Å²) in [7, 11) is 0. The van der Waals surface area contributed by atoms with Crippen LogP contribution < -0.4 is 5.32 Å². The van der Waals surface area contributed by atoms with Crippen LogP contribution in [0.3, 0.4) is 0 Å². The highest BCUT2D eigenvalue weighted by Crippen LogP contribution is 2.41. The minimum Gasteiger partial charge on any atom is -0.361 e. The molecule has 1 N–H and O–H groups in total. The van der Waals surface area contributed by atoms with Crippen LogP contribution in [0.5, 0.6) is 0 Å². The van der Waals surface area contributed by atoms with Crippen LogP contribution in [0.1, 0.15) is 49.1 Å². The van der Waals surface area contributed by atoms with Crippen molar-refractivity contribution in [3.05, 3.63) is 17.5 Å². The highest BCUT2D eigenvalue weighted by atomic mass is 16.5. The smallest absolute Gasteiger partial charge is 0.140 e. The van der Waals surface area contributed by atoms with Crippen molar-refractivity contribution in [3.63, 3.8) is 0 Å². The molecule has 2 fully saturated rings. The predicted octanol–water partition coefficient (Wildman–Crippen LogP) is 1.98. The summed E-state index contributed by atoms with van der Waals surface area (Å²) < 4.78 is 5.31. The molecule has 0 amide bonds. The first-order valence-corrected chi connectivity index (χ1v) is 5.13. The summed E-state index contributed by atoms with van der Waals surface area (Å²) in [5.41, 5.74) is 1.11. The van der Waals surface area contributed by atoms with Gasteiger partial charge in [0.25, 0.3) is 0 Å². The van der Waals surface area contributed by atoms with E-state index in [9.17, 15) is 0 Å². The van der Waals surface area contributed by atoms with Gasteiger partial charge in [-0.15, -0.1) is 0 Å². The Morgan fingerprint density at radius 2 is 2.31 bits per heavy atom. The zero-order valence-electron chi connectivity index (χ0n) is 7.62. The lowest BCUT2D eigenvalue weighted by Gasteiger charge is -2.02. The van der Waals surface area contributed by atoms with Gasteiger partial charge in [0.15, 0.2) is 0 Å². The first-order chi connectivity index (χ1) is 6.43. The Kier molecular flexibility index (Phi) is 1.65. The van der Waals surface area contributed by atoms with E-state index in [0.29, 0.717) is 12.0 Å². The Morgan fingerprint density at radius 3 is 3.00 bits per heavy atom. The van der Waals surface area contributed by atoms with Crippen LogP contribution in [0.4, 0.5) is 0 Å². The summed E-state index contributed by atoms with van der Waals surface area (Å²) in [5, 5.41) is 7.54. The van der Waals surface area contributed by atoms with Gasteiger partial charge in [0.1, 0.15) is 11.5 Å². The number of nitrogens with zero attached hydrogens (tertiary/aromatic N) is 1. The Morgan fingerprint density at radius 1 is 1.38 bits per heavy atom. The molecule has 1 atom stereocenters. The van der Waals surface area contributed by atoms with E-state index in [0.717, 1.165) is 18.0 Å². The summed E-state index contributed by atoms with van der Waals surface area (Å²) >= 11 is 0. The quantitative estimate of drug-likeness (QED) is 0.752. The largest absolute Gasteiger partial charge is 0.361 e. The molecule has 3 rings (SSSR count). The van der Waals surface area contributed by atoms with Gasteiger partial charge in [0, 0.05) is 12.0 Å². The molecular weight excluding hydrogens is 164 g/mol. The molecular formula is C10H14N2O. The Hall–Kier alpha value is -0.830. The number of nitrogens with one attached hydrogen (secondary N) is 1. The second-order valence-electron chi connectivity index (χ2n) is 4.08. The molecule has 0 spiro atoms. The molecule has 0 radical (unpaired) electrons. The van der Waals surface area contributed by atoms with Crippen molar-refractivity contribution < 1.29 is 4.52 Å². The molecule has 1 aromatic heterocycles. The maximum atomic E-state index is 5.31. The standard InChI is InChI=1S/C10H14N2O/c1-2-8(11-5-1)9-6-10(13-12-9)7-3-4-7/h6-8,11H,1-5H2. The van der Waals surface area contributed by atoms with E-state index in [-0.39, 0.29) is 0 Å². The van der Waals surface area contributed by atoms with Crippen molar-refractivity contribution in [2.75, 3.05) is 6.54 Å². The van der Waals surface area contributed by atoms with Crippen LogP contribution in [0.25, 0.3) is 0 Å². The third kappa shape index (κ3) is 1.37. The zero-order chi connectivity index (χ0) is 8.67. The second-order valence-corrected chi connectivity index (χ2v) is 4.08. The van der Waals surface area contributed by atoms with Crippen LogP contribution >= 0.6 is 0 Å². The van der Waals surface area contributed by atoms with Crippen LogP contribution in [-0.4, -0.2) is 11.7 Å². The van der Waals surface area contributed by atoms with Gasteiger partial charge in [-0.1, -0.05) is 5.16 Å². The van der Waals surface area contributed by atoms with E-state index in [1.54, 1.807) is 0 Å². The van der Waals surface area contributed by atoms with Gasteiger partial charge in [0.05, 0.1) is 6.04 Å². The van der Waals surface area contributed by atoms with E-state index in [2.05, 4.69) is 16.5 Å². The molecule has 3 heteroatoms. The summed E-state index contributed by atoms with van der Waals surface area (Å²) in [6.45, 7) is 1.12. The maximum Gasteiger partial charge on any atom is 0.140 e. The monoisotopic (exact) mass is 178 g/mol. The second kappa shape index (κ2) is 2.84. The van der Waals surface area contributed by atoms with Gasteiger partial charge < -0.3 is 9.84 Å². The van der Waals surface area contributed by atoms with Crippen molar-refractivity contribution in [3.8, 4) is 0 Å². The average Bonchev–Trinajstić information content (AvgIpc) is 2.72. The van der Waals surface area contributed by atoms with Gasteiger partial charge >= 0.3 is 0 Å². The van der Waals surface area contributed by atoms with Crippen molar-refractivity contribution >= 4 is 0 Å². The number of rotatable bonds is 2. The molecule has 0 aromatic carbocycles. The summed E-state index contributed by atoms with van der Waals surface area (Å²) in [5.74, 6) is 1.78. The predicted molar refractivity (Wildman–Crippen MR) is 48.5 cm³/mol. The average molecular weight is 178 g/mol. The Bertz CT molecular complexity index is 298. The molecule has 1 saturated heterocycles. The van der Waals surface area contributed by atoms with Crippen molar-refractivity contribution in [2.45, 2.75) is 37.6 Å². The number of aromatic nitrogens is 1. The molecule has 1 saturated carbocycles. The topological polar surface area (TPSA) is 38.1 Å². The fraction of sp³-hybridized carbons (Fsp3) is 0.700. The van der Waals surface area contributed by atoms with Gasteiger partial charge in [-0.05, 0) is 32.2 Å². The first kappa shape index (κ1) is 7.56. The fourth-order valence-electron chi connectivity index (χ4n) is 1.97. The maximum absolute atomic E-state index is 5.31. The number of hydrogen-bond donors (Lipinski definition) is 1. The van der Waals surface area contributed by atoms with Gasteiger partial charge in [-0.2, -0.15) is 0 Å². The number of hydrogen-bond acceptors (Lipinski definition) is 3. The molecule has 0 bridgehead atoms. The first-order valence-electron chi connectivity index (χ1n) is 5.13. The normalized spacial score (nSPS) is 28.2. The molecule has 3 nitrogen and oxygen atoms in total. The Labute approximate surface area is 77.5 Å². The lowest BCUT2D eigenvalue weighted by atomic mass is 10.1. The van der Waals surface area contributed by atoms with Crippen molar-refractivity contribution in [1.29, 1.82) is 0 Å². The van der Waals surface area contributed by atoms with Gasteiger partial charge in [0.2, 0.25) is 0 Å². The van der Waals surface area contributed by atoms with Crippen LogP contribution in [0.15, 0.2) is 10.6 Å². The molecule has 70 valence electrons. The zero-order valence-corrected chi connectivity index (χ0v) is 7.62. The van der Waals surface area contributed by atoms with E-state index in [4.69, 9.17) is 4.52 Å². The minimum atomic E-state index is 0.455. The van der Waals surface area contributed by atoms with Gasteiger partial charge in [-0.25, -0.2) is 0 Å². The summed E-state index contributed by atoms with van der Waals surface area (Å²) in [6.07, 6.45) is 5.03. The van der Waals surface area contributed by atoms with Crippen molar-refractivity contribution in [1.82, 2.24) is 10.5 Å².